The zero-order chi connectivity index (χ0) is 7.72. The molecule has 0 unspecified atom stereocenters. The van der Waals surface area contributed by atoms with E-state index in [9.17, 15) is 4.79 Å². The van der Waals surface area contributed by atoms with Gasteiger partial charge >= 0.3 is 0 Å². The normalized spacial score (nSPS) is 9.90. The maximum Gasteiger partial charge on any atom is 0.264 e. The fourth-order valence-corrected chi connectivity index (χ4v) is 2.17. The van der Waals surface area contributed by atoms with E-state index in [1.165, 1.54) is 11.3 Å². The Morgan fingerprint density at radius 3 is 2.60 bits per heavy atom. The average Bonchev–Trinajstić information content (AvgIpc) is 2.10. The lowest BCUT2D eigenvalue weighted by Gasteiger charge is -1.83. The van der Waals surface area contributed by atoms with Crippen molar-refractivity contribution in [2.24, 2.45) is 0 Å². The van der Waals surface area contributed by atoms with Gasteiger partial charge < -0.3 is 0 Å². The van der Waals surface area contributed by atoms with Crippen molar-refractivity contribution < 1.29 is 4.79 Å². The van der Waals surface area contributed by atoms with Crippen molar-refractivity contribution in [1.29, 1.82) is 0 Å². The average molecular weight is 241 g/mol. The number of hydrogen-bond acceptors (Lipinski definition) is 3. The summed E-state index contributed by atoms with van der Waals surface area (Å²) >= 11 is 9.63. The molecule has 0 aliphatic carbocycles. The summed E-state index contributed by atoms with van der Waals surface area (Å²) in [4.78, 5) is 15.1. The zero-order valence-corrected chi connectivity index (χ0v) is 8.18. The summed E-state index contributed by atoms with van der Waals surface area (Å²) in [6, 6.07) is 0. The van der Waals surface area contributed by atoms with Crippen LogP contribution in [0.5, 0.6) is 0 Å². The Hall–Kier alpha value is 0.0700. The van der Waals surface area contributed by atoms with Crippen LogP contribution in [-0.2, 0) is 0 Å². The highest BCUT2D eigenvalue weighted by Crippen LogP contribution is 2.23. The van der Waals surface area contributed by atoms with Crippen molar-refractivity contribution >= 4 is 44.1 Å². The van der Waals surface area contributed by atoms with E-state index in [1.54, 1.807) is 6.92 Å². The molecule has 0 spiro atoms. The van der Waals surface area contributed by atoms with Gasteiger partial charge in [0.25, 0.3) is 5.24 Å². The molecule has 0 saturated heterocycles. The summed E-state index contributed by atoms with van der Waals surface area (Å²) < 4.78 is 0.689. The Morgan fingerprint density at radius 1 is 1.80 bits per heavy atom. The Bertz CT molecular complexity index is 273. The van der Waals surface area contributed by atoms with E-state index in [0.29, 0.717) is 14.5 Å². The van der Waals surface area contributed by atoms with Gasteiger partial charge in [-0.15, -0.1) is 11.3 Å². The van der Waals surface area contributed by atoms with Crippen LogP contribution in [0, 0.1) is 6.92 Å². The molecule has 2 nitrogen and oxygen atoms in total. The van der Waals surface area contributed by atoms with Crippen molar-refractivity contribution in [3.63, 3.8) is 0 Å². The minimum atomic E-state index is -0.444. The number of halogens is 2. The van der Waals surface area contributed by atoms with Crippen LogP contribution < -0.4 is 0 Å². The monoisotopic (exact) mass is 239 g/mol. The highest BCUT2D eigenvalue weighted by atomic mass is 79.9. The number of aromatic nitrogens is 1. The van der Waals surface area contributed by atoms with E-state index in [4.69, 9.17) is 11.6 Å². The molecule has 0 bridgehead atoms. The van der Waals surface area contributed by atoms with Crippen molar-refractivity contribution in [2.45, 2.75) is 6.92 Å². The van der Waals surface area contributed by atoms with Crippen molar-refractivity contribution in [3.05, 3.63) is 14.5 Å². The smallest absolute Gasteiger partial charge is 0.264 e. The fourth-order valence-electron chi connectivity index (χ4n) is 0.546. The molecule has 0 radical (unpaired) electrons. The molecule has 5 heteroatoms. The molecule has 1 heterocycles. The molecule has 0 aromatic carbocycles. The standard InChI is InChI=1S/C5H3BrClNOS/c1-2-3(4(7)9)10-5(6)8-2/h1H3. The summed E-state index contributed by atoms with van der Waals surface area (Å²) in [5.41, 5.74) is 0.678. The van der Waals surface area contributed by atoms with Crippen LogP contribution in [0.2, 0.25) is 0 Å². The van der Waals surface area contributed by atoms with Crippen molar-refractivity contribution in [3.8, 4) is 0 Å². The number of carbonyl (C=O) groups excluding carboxylic acids is 1. The molecular formula is C5H3BrClNOS. The molecule has 1 rings (SSSR count). The molecule has 0 amide bonds. The number of rotatable bonds is 1. The van der Waals surface area contributed by atoms with E-state index in [1.807, 2.05) is 0 Å². The summed E-state index contributed by atoms with van der Waals surface area (Å²) in [5.74, 6) is 0. The maximum absolute atomic E-state index is 10.6. The number of nitrogens with zero attached hydrogens (tertiary/aromatic N) is 1. The summed E-state index contributed by atoms with van der Waals surface area (Å²) in [7, 11) is 0. The molecule has 0 N–H and O–H groups in total. The zero-order valence-electron chi connectivity index (χ0n) is 5.02. The van der Waals surface area contributed by atoms with Crippen molar-refractivity contribution in [2.75, 3.05) is 0 Å². The van der Waals surface area contributed by atoms with E-state index in [2.05, 4.69) is 20.9 Å². The first-order chi connectivity index (χ1) is 4.61. The van der Waals surface area contributed by atoms with Crippen LogP contribution in [0.3, 0.4) is 0 Å². The number of thiazole rings is 1. The first-order valence-electron chi connectivity index (χ1n) is 2.44. The Labute approximate surface area is 75.4 Å². The SMILES string of the molecule is Cc1nc(Br)sc1C(=O)Cl. The number of carbonyl (C=O) groups is 1. The lowest BCUT2D eigenvalue weighted by molar-refractivity contribution is 0.108. The molecular weight excluding hydrogens is 237 g/mol. The van der Waals surface area contributed by atoms with E-state index in [0.717, 1.165) is 0 Å². The minimum Gasteiger partial charge on any atom is -0.275 e. The van der Waals surface area contributed by atoms with Gasteiger partial charge in [-0.3, -0.25) is 4.79 Å². The van der Waals surface area contributed by atoms with E-state index >= 15 is 0 Å². The van der Waals surface area contributed by atoms with Gasteiger partial charge in [-0.2, -0.15) is 0 Å². The second kappa shape index (κ2) is 2.98. The topological polar surface area (TPSA) is 30.0 Å². The number of aryl methyl sites for hydroxylation is 1. The van der Waals surface area contributed by atoms with Gasteiger partial charge in [0.1, 0.15) is 4.88 Å². The molecule has 0 atom stereocenters. The molecule has 54 valence electrons. The predicted molar refractivity (Wildman–Crippen MR) is 44.7 cm³/mol. The van der Waals surface area contributed by atoms with Gasteiger partial charge in [-0.1, -0.05) is 0 Å². The van der Waals surface area contributed by atoms with E-state index in [-0.39, 0.29) is 0 Å². The van der Waals surface area contributed by atoms with E-state index < -0.39 is 5.24 Å². The lowest BCUT2D eigenvalue weighted by Crippen LogP contribution is -1.85. The summed E-state index contributed by atoms with van der Waals surface area (Å²) in [5, 5.41) is -0.444. The van der Waals surface area contributed by atoms with Gasteiger partial charge in [0.15, 0.2) is 3.92 Å². The van der Waals surface area contributed by atoms with Crippen LogP contribution in [0.15, 0.2) is 3.92 Å². The quantitative estimate of drug-likeness (QED) is 0.706. The first-order valence-corrected chi connectivity index (χ1v) is 4.43. The Kier molecular flexibility index (Phi) is 2.44. The summed E-state index contributed by atoms with van der Waals surface area (Å²) in [6.07, 6.45) is 0. The third kappa shape index (κ3) is 1.56. The Balaban J connectivity index is 3.15. The number of hydrogen-bond donors (Lipinski definition) is 0. The maximum atomic E-state index is 10.6. The second-order valence-corrected chi connectivity index (χ2v) is 4.27. The Morgan fingerprint density at radius 2 is 2.40 bits per heavy atom. The highest BCUT2D eigenvalue weighted by Gasteiger charge is 2.10. The third-order valence-corrected chi connectivity index (χ3v) is 2.86. The molecule has 0 fully saturated rings. The molecule has 0 saturated carbocycles. The first kappa shape index (κ1) is 8.17. The molecule has 0 aliphatic heterocycles. The minimum absolute atomic E-state index is 0.444. The van der Waals surface area contributed by atoms with Gasteiger partial charge in [0, 0.05) is 0 Å². The summed E-state index contributed by atoms with van der Waals surface area (Å²) in [6.45, 7) is 1.75. The van der Waals surface area contributed by atoms with Crippen molar-refractivity contribution in [1.82, 2.24) is 4.98 Å². The van der Waals surface area contributed by atoms with Gasteiger partial charge in [0.05, 0.1) is 5.69 Å². The van der Waals surface area contributed by atoms with Crippen LogP contribution in [0.1, 0.15) is 15.4 Å². The molecule has 10 heavy (non-hydrogen) atoms. The fraction of sp³-hybridized carbons (Fsp3) is 0.200. The van der Waals surface area contributed by atoms with Crippen LogP contribution in [0.4, 0.5) is 0 Å². The van der Waals surface area contributed by atoms with Gasteiger partial charge in [-0.25, -0.2) is 4.98 Å². The van der Waals surface area contributed by atoms with Crippen LogP contribution in [-0.4, -0.2) is 10.2 Å². The largest absolute Gasteiger partial charge is 0.275 e. The van der Waals surface area contributed by atoms with Gasteiger partial charge in [0.2, 0.25) is 0 Å². The highest BCUT2D eigenvalue weighted by molar-refractivity contribution is 9.11. The second-order valence-electron chi connectivity index (χ2n) is 1.66. The van der Waals surface area contributed by atoms with Crippen LogP contribution >= 0.6 is 38.9 Å². The third-order valence-electron chi connectivity index (χ3n) is 0.949. The predicted octanol–water partition coefficient (Wildman–Crippen LogP) is 2.59. The molecule has 0 aliphatic rings. The lowest BCUT2D eigenvalue weighted by atomic mass is 10.4. The molecule has 1 aromatic heterocycles. The van der Waals surface area contributed by atoms with Crippen LogP contribution in [0.25, 0.3) is 0 Å². The molecule has 1 aromatic rings. The van der Waals surface area contributed by atoms with Gasteiger partial charge in [-0.05, 0) is 34.5 Å².